The third-order valence-electron chi connectivity index (χ3n) is 6.64. The second kappa shape index (κ2) is 11.7. The molecule has 2 atom stereocenters. The van der Waals surface area contributed by atoms with Crippen LogP contribution in [0.25, 0.3) is 5.69 Å². The van der Waals surface area contributed by atoms with Gasteiger partial charge in [-0.15, -0.1) is 0 Å². The molecule has 40 heavy (non-hydrogen) atoms. The van der Waals surface area contributed by atoms with Crippen LogP contribution in [0.4, 0.5) is 18.9 Å². The van der Waals surface area contributed by atoms with E-state index in [2.05, 4.69) is 15.7 Å². The summed E-state index contributed by atoms with van der Waals surface area (Å²) in [6, 6.07) is 25.3. The Morgan fingerprint density at radius 2 is 1.82 bits per heavy atom. The van der Waals surface area contributed by atoms with Crippen molar-refractivity contribution in [3.63, 3.8) is 0 Å². The average molecular weight is 546 g/mol. The van der Waals surface area contributed by atoms with Gasteiger partial charge in [0.05, 0.1) is 29.5 Å². The molecule has 1 aromatic heterocycles. The molecule has 3 aromatic carbocycles. The highest BCUT2D eigenvalue weighted by atomic mass is 19.4. The number of nitriles is 1. The van der Waals surface area contributed by atoms with Crippen molar-refractivity contribution in [2.75, 3.05) is 18.5 Å². The van der Waals surface area contributed by atoms with Crippen LogP contribution in [0.2, 0.25) is 0 Å². The molecule has 0 bridgehead atoms. The minimum Gasteiger partial charge on any atom is -0.377 e. The highest BCUT2D eigenvalue weighted by Gasteiger charge is 2.36. The molecule has 2 N–H and O–H groups in total. The number of rotatable bonds is 8. The molecule has 5 rings (SSSR count). The van der Waals surface area contributed by atoms with Gasteiger partial charge in [-0.25, -0.2) is 4.68 Å². The minimum absolute atomic E-state index is 0.122. The summed E-state index contributed by atoms with van der Waals surface area (Å²) in [5.41, 5.74) is 1.16. The highest BCUT2D eigenvalue weighted by molar-refractivity contribution is 6.03. The van der Waals surface area contributed by atoms with E-state index in [0.29, 0.717) is 18.3 Å². The van der Waals surface area contributed by atoms with Crippen molar-refractivity contribution in [2.24, 2.45) is 0 Å². The van der Waals surface area contributed by atoms with Crippen molar-refractivity contribution in [1.29, 1.82) is 5.26 Å². The Morgan fingerprint density at radius 3 is 2.55 bits per heavy atom. The van der Waals surface area contributed by atoms with Crippen LogP contribution < -0.4 is 10.6 Å². The summed E-state index contributed by atoms with van der Waals surface area (Å²) in [4.78, 5) is 13.3. The fraction of sp³-hybridized carbons (Fsp3) is 0.233. The summed E-state index contributed by atoms with van der Waals surface area (Å²) in [5, 5.41) is 19.1. The number of benzene rings is 3. The summed E-state index contributed by atoms with van der Waals surface area (Å²) in [6.07, 6.45) is -2.63. The van der Waals surface area contributed by atoms with Crippen LogP contribution in [0, 0.1) is 11.3 Å². The highest BCUT2D eigenvalue weighted by Crippen LogP contribution is 2.30. The molecule has 1 amide bonds. The van der Waals surface area contributed by atoms with Crippen LogP contribution in [0.3, 0.4) is 0 Å². The van der Waals surface area contributed by atoms with Gasteiger partial charge in [-0.1, -0.05) is 48.5 Å². The molecule has 0 radical (unpaired) electrons. The molecule has 1 fully saturated rings. The summed E-state index contributed by atoms with van der Waals surface area (Å²) in [6.45, 7) is 1.40. The second-order valence-electron chi connectivity index (χ2n) is 9.45. The van der Waals surface area contributed by atoms with Crippen molar-refractivity contribution in [1.82, 2.24) is 15.1 Å². The molecule has 1 saturated heterocycles. The number of carbonyl (C=O) groups excluding carboxylic acids is 1. The Morgan fingerprint density at radius 1 is 1.05 bits per heavy atom. The van der Waals surface area contributed by atoms with Gasteiger partial charge in [0.15, 0.2) is 5.69 Å². The zero-order valence-electron chi connectivity index (χ0n) is 21.4. The maximum atomic E-state index is 13.5. The first kappa shape index (κ1) is 27.1. The number of anilines is 1. The number of hydrogen-bond acceptors (Lipinski definition) is 5. The predicted octanol–water partition coefficient (Wildman–Crippen LogP) is 5.87. The van der Waals surface area contributed by atoms with Crippen molar-refractivity contribution >= 4 is 11.6 Å². The molecule has 0 saturated carbocycles. The van der Waals surface area contributed by atoms with Gasteiger partial charge in [0.1, 0.15) is 5.69 Å². The van der Waals surface area contributed by atoms with Gasteiger partial charge in [-0.2, -0.15) is 23.5 Å². The van der Waals surface area contributed by atoms with E-state index in [4.69, 9.17) is 4.74 Å². The Balaban J connectivity index is 1.44. The molecule has 1 aliphatic rings. The Bertz CT molecular complexity index is 1520. The summed E-state index contributed by atoms with van der Waals surface area (Å²) < 4.78 is 47.3. The van der Waals surface area contributed by atoms with Gasteiger partial charge in [0.25, 0.3) is 5.91 Å². The van der Waals surface area contributed by atoms with E-state index < -0.39 is 17.8 Å². The van der Waals surface area contributed by atoms with Crippen molar-refractivity contribution in [3.05, 3.63) is 113 Å². The van der Waals surface area contributed by atoms with E-state index >= 15 is 0 Å². The van der Waals surface area contributed by atoms with Crippen molar-refractivity contribution in [2.45, 2.75) is 31.2 Å². The lowest BCUT2D eigenvalue weighted by Crippen LogP contribution is -2.30. The fourth-order valence-electron chi connectivity index (χ4n) is 4.70. The van der Waals surface area contributed by atoms with Crippen LogP contribution in [-0.4, -0.2) is 34.9 Å². The number of nitrogens with zero attached hydrogens (tertiary/aromatic N) is 3. The molecule has 7 nitrogen and oxygen atoms in total. The number of amides is 1. The van der Waals surface area contributed by atoms with Gasteiger partial charge in [0.2, 0.25) is 0 Å². The zero-order valence-corrected chi connectivity index (χ0v) is 21.4. The molecule has 1 aliphatic heterocycles. The monoisotopic (exact) mass is 545 g/mol. The molecular weight excluding hydrogens is 519 g/mol. The predicted molar refractivity (Wildman–Crippen MR) is 143 cm³/mol. The molecule has 0 aliphatic carbocycles. The number of carbonyl (C=O) groups is 1. The topological polar surface area (TPSA) is 92.0 Å². The largest absolute Gasteiger partial charge is 0.435 e. The maximum Gasteiger partial charge on any atom is 0.435 e. The van der Waals surface area contributed by atoms with Crippen molar-refractivity contribution < 1.29 is 22.7 Å². The van der Waals surface area contributed by atoms with Crippen LogP contribution in [-0.2, 0) is 10.9 Å². The minimum atomic E-state index is -4.76. The van der Waals surface area contributed by atoms with Crippen LogP contribution in [0.15, 0.2) is 84.9 Å². The number of hydrogen-bond donors (Lipinski definition) is 2. The molecule has 10 heteroatoms. The third kappa shape index (κ3) is 6.22. The quantitative estimate of drug-likeness (QED) is 0.289. The Kier molecular flexibility index (Phi) is 7.96. The zero-order chi connectivity index (χ0) is 28.1. The first-order chi connectivity index (χ1) is 19.3. The number of aromatic nitrogens is 2. The lowest BCUT2D eigenvalue weighted by Gasteiger charge is -2.22. The van der Waals surface area contributed by atoms with E-state index in [1.54, 1.807) is 18.2 Å². The van der Waals surface area contributed by atoms with Crippen LogP contribution in [0.1, 0.15) is 51.8 Å². The lowest BCUT2D eigenvalue weighted by atomic mass is 9.98. The fourth-order valence-corrected chi connectivity index (χ4v) is 4.70. The SMILES string of the molecule is N#Cc1cccc(-n2nc(C(F)(F)F)cc2C(=O)Nc2cccc(C(NCC3CCCO3)c3ccccc3)c2)c1. The number of ether oxygens (including phenoxy) is 1. The molecule has 2 unspecified atom stereocenters. The first-order valence-corrected chi connectivity index (χ1v) is 12.8. The molecular formula is C30H26F3N5O2. The smallest absolute Gasteiger partial charge is 0.377 e. The molecule has 4 aromatic rings. The number of alkyl halides is 3. The number of nitrogens with one attached hydrogen (secondary N) is 2. The van der Waals surface area contributed by atoms with E-state index in [1.165, 1.54) is 24.3 Å². The maximum absolute atomic E-state index is 13.5. The average Bonchev–Trinajstić information content (AvgIpc) is 3.65. The second-order valence-corrected chi connectivity index (χ2v) is 9.45. The van der Waals surface area contributed by atoms with E-state index in [1.807, 2.05) is 42.5 Å². The van der Waals surface area contributed by atoms with E-state index in [9.17, 15) is 23.2 Å². The molecule has 204 valence electrons. The van der Waals surface area contributed by atoms with Gasteiger partial charge >= 0.3 is 6.18 Å². The van der Waals surface area contributed by atoms with Gasteiger partial charge in [0, 0.05) is 24.9 Å². The Labute approximate surface area is 229 Å². The van der Waals surface area contributed by atoms with E-state index in [-0.39, 0.29) is 29.1 Å². The number of halogens is 3. The normalized spacial score (nSPS) is 15.9. The van der Waals surface area contributed by atoms with Gasteiger partial charge in [-0.3, -0.25) is 4.79 Å². The molecule has 2 heterocycles. The van der Waals surface area contributed by atoms with Gasteiger partial charge < -0.3 is 15.4 Å². The van der Waals surface area contributed by atoms with Crippen LogP contribution in [0.5, 0.6) is 0 Å². The van der Waals surface area contributed by atoms with Crippen molar-refractivity contribution in [3.8, 4) is 11.8 Å². The summed E-state index contributed by atoms with van der Waals surface area (Å²) in [7, 11) is 0. The Hall–Kier alpha value is -4.46. The standard InChI is InChI=1S/C30H26F3N5O2/c31-30(32,33)27-17-26(38(37-27)24-12-4-7-20(15-24)18-34)29(39)36-23-11-5-10-22(16-23)28(21-8-2-1-3-9-21)35-19-25-13-6-14-40-25/h1-5,7-12,15-17,25,28,35H,6,13-14,19H2,(H,36,39). The molecule has 0 spiro atoms. The third-order valence-corrected chi connectivity index (χ3v) is 6.64. The van der Waals surface area contributed by atoms with Gasteiger partial charge in [-0.05, 0) is 54.3 Å². The first-order valence-electron chi connectivity index (χ1n) is 12.8. The lowest BCUT2D eigenvalue weighted by molar-refractivity contribution is -0.141. The van der Waals surface area contributed by atoms with E-state index in [0.717, 1.165) is 35.3 Å². The van der Waals surface area contributed by atoms with Crippen LogP contribution >= 0.6 is 0 Å². The summed E-state index contributed by atoms with van der Waals surface area (Å²) >= 11 is 0. The summed E-state index contributed by atoms with van der Waals surface area (Å²) in [5.74, 6) is -0.772.